The third kappa shape index (κ3) is 2.66. The zero-order chi connectivity index (χ0) is 33.7. The molecule has 3 aliphatic carbocycles. The minimum Gasteiger partial charge on any atom is -0.466 e. The van der Waals surface area contributed by atoms with Gasteiger partial charge in [0.05, 0.1) is 30.2 Å². The molecule has 2 N–H and O–H groups in total. The lowest BCUT2D eigenvalue weighted by Crippen LogP contribution is -2.66. The molecule has 7 aliphatic heterocycles. The molecule has 0 unspecified atom stereocenters. The minimum atomic E-state index is -1.04. The monoisotopic (exact) mass is 670 g/mol. The van der Waals surface area contributed by atoms with E-state index >= 15 is 0 Å². The number of esters is 1. The summed E-state index contributed by atoms with van der Waals surface area (Å²) in [6, 6.07) is 15.6. The predicted octanol–water partition coefficient (Wildman–Crippen LogP) is 4.60. The SMILES string of the molecule is CC[C@]12CC(C(=O)OC)=C3Nc4ccccc4[C@]34CCN([C@H](c3ccc5c(c3)[C@@]36CCN7CC=C[C@]8(C[C@@]3(C(=O)N5)C(=O)[C@@H]8C)[C@H]76)[C@@H]3O[C@H]31)[C@@H]24. The number of methoxy groups -OCH3 is 1. The summed E-state index contributed by atoms with van der Waals surface area (Å²) in [7, 11) is 1.49. The molecule has 11 atom stereocenters. The number of hydrogen-bond donors (Lipinski definition) is 2. The number of nitrogens with one attached hydrogen (secondary N) is 2. The average molecular weight is 671 g/mol. The van der Waals surface area contributed by atoms with Crippen molar-refractivity contribution in [1.82, 2.24) is 9.80 Å². The van der Waals surface area contributed by atoms with Gasteiger partial charge < -0.3 is 20.1 Å². The van der Waals surface area contributed by atoms with Crippen molar-refractivity contribution in [2.24, 2.45) is 22.2 Å². The van der Waals surface area contributed by atoms with E-state index in [9.17, 15) is 14.4 Å². The molecule has 0 aromatic heterocycles. The van der Waals surface area contributed by atoms with Crippen LogP contribution in [0.15, 0.2) is 65.9 Å². The standard InChI is InChI=1S/C41H42N4O5/c1-4-37-19-23(33(47)49-3)30-39(24-8-5-6-9-26(24)42-30)13-17-45(34(37)39)28(29-32(37)50-29)22-10-11-27-25(18-22)40-14-16-44-15-7-12-38(35(40)44)20-41(40,36(48)43-27)31(46)21(38)2/h5-12,18,21,28-29,32,34-35,42H,4,13-17,19-20H2,1-3H3,(H,43,48)/t21-,28+,29-,32+,34-,35-,37-,38+,39+,40+,41-/m0/s1. The first-order chi connectivity index (χ1) is 24.2. The van der Waals surface area contributed by atoms with Crippen LogP contribution in [0.2, 0.25) is 0 Å². The van der Waals surface area contributed by atoms with Gasteiger partial charge in [-0.2, -0.15) is 0 Å². The van der Waals surface area contributed by atoms with E-state index in [1.807, 2.05) is 0 Å². The number of carbonyl (C=O) groups is 3. The van der Waals surface area contributed by atoms with Crippen molar-refractivity contribution < 1.29 is 23.9 Å². The van der Waals surface area contributed by atoms with Gasteiger partial charge in [-0.1, -0.05) is 56.3 Å². The number of rotatable bonds is 3. The van der Waals surface area contributed by atoms with Crippen molar-refractivity contribution in [2.75, 3.05) is 37.4 Å². The molecule has 12 rings (SSSR count). The van der Waals surface area contributed by atoms with Crippen LogP contribution in [0.4, 0.5) is 11.4 Å². The summed E-state index contributed by atoms with van der Waals surface area (Å²) in [6.07, 6.45) is 8.42. The molecule has 6 fully saturated rings. The lowest BCUT2D eigenvalue weighted by atomic mass is 9.51. The van der Waals surface area contributed by atoms with E-state index in [0.29, 0.717) is 12.8 Å². The zero-order valence-corrected chi connectivity index (χ0v) is 28.8. The first-order valence-corrected chi connectivity index (χ1v) is 18.8. The second-order valence-corrected chi connectivity index (χ2v) is 17.2. The fraction of sp³-hybridized carbons (Fsp3) is 0.537. The van der Waals surface area contributed by atoms with Gasteiger partial charge in [0.1, 0.15) is 11.5 Å². The Kier molecular flexibility index (Phi) is 4.98. The molecule has 2 aromatic carbocycles. The molecule has 2 aromatic rings. The number of epoxide rings is 1. The van der Waals surface area contributed by atoms with Crippen LogP contribution < -0.4 is 10.6 Å². The molecule has 0 radical (unpaired) electrons. The predicted molar refractivity (Wildman–Crippen MR) is 184 cm³/mol. The van der Waals surface area contributed by atoms with Crippen molar-refractivity contribution in [3.63, 3.8) is 0 Å². The highest BCUT2D eigenvalue weighted by atomic mass is 16.6. The number of fused-ring (bicyclic) bond motifs is 4. The maximum atomic E-state index is 14.5. The minimum absolute atomic E-state index is 0.000175. The third-order valence-electron chi connectivity index (χ3n) is 16.2. The number of piperidine rings is 1. The number of ketones is 1. The second-order valence-electron chi connectivity index (χ2n) is 17.2. The van der Waals surface area contributed by atoms with Crippen molar-refractivity contribution in [3.8, 4) is 0 Å². The molecule has 9 heteroatoms. The van der Waals surface area contributed by atoms with Gasteiger partial charge in [-0.05, 0) is 67.5 Å². The lowest BCUT2D eigenvalue weighted by molar-refractivity contribution is -0.147. The van der Waals surface area contributed by atoms with Crippen molar-refractivity contribution >= 4 is 29.0 Å². The van der Waals surface area contributed by atoms with Crippen molar-refractivity contribution in [3.05, 3.63) is 82.6 Å². The number of benzene rings is 2. The molecule has 10 aliphatic rings. The normalized spacial score (nSPS) is 46.3. The molecule has 50 heavy (non-hydrogen) atoms. The molecule has 4 spiro atoms. The summed E-state index contributed by atoms with van der Waals surface area (Å²) < 4.78 is 12.3. The smallest absolute Gasteiger partial charge is 0.335 e. The first-order valence-electron chi connectivity index (χ1n) is 18.8. The van der Waals surface area contributed by atoms with Gasteiger partial charge in [0.2, 0.25) is 5.91 Å². The summed E-state index contributed by atoms with van der Waals surface area (Å²) in [6.45, 7) is 6.98. The average Bonchev–Trinajstić information content (AvgIpc) is 3.38. The quantitative estimate of drug-likeness (QED) is 0.212. The Morgan fingerprint density at radius 3 is 2.72 bits per heavy atom. The van der Waals surface area contributed by atoms with Gasteiger partial charge in [-0.25, -0.2) is 4.79 Å². The molecule has 1 amide bonds. The summed E-state index contributed by atoms with van der Waals surface area (Å²) >= 11 is 0. The van der Waals surface area contributed by atoms with Gasteiger partial charge in [-0.3, -0.25) is 19.4 Å². The van der Waals surface area contributed by atoms with Crippen LogP contribution in [-0.4, -0.2) is 78.5 Å². The van der Waals surface area contributed by atoms with Crippen molar-refractivity contribution in [1.29, 1.82) is 0 Å². The Bertz CT molecular complexity index is 2090. The Morgan fingerprint density at radius 1 is 1.04 bits per heavy atom. The zero-order valence-electron chi connectivity index (χ0n) is 28.8. The van der Waals surface area contributed by atoms with E-state index in [4.69, 9.17) is 9.47 Å². The van der Waals surface area contributed by atoms with Gasteiger partial charge in [0.25, 0.3) is 0 Å². The molecule has 9 nitrogen and oxygen atoms in total. The van der Waals surface area contributed by atoms with Crippen LogP contribution in [-0.2, 0) is 34.7 Å². The maximum absolute atomic E-state index is 14.5. The number of nitrogens with zero attached hydrogens (tertiary/aromatic N) is 2. The molecule has 7 heterocycles. The number of para-hydroxylation sites is 1. The van der Waals surface area contributed by atoms with Crippen LogP contribution in [0.25, 0.3) is 0 Å². The van der Waals surface area contributed by atoms with Gasteiger partial charge in [0.15, 0.2) is 5.78 Å². The number of amides is 1. The number of hydrogen-bond acceptors (Lipinski definition) is 8. The van der Waals surface area contributed by atoms with E-state index < -0.39 is 10.8 Å². The fourth-order valence-electron chi connectivity index (χ4n) is 14.6. The van der Waals surface area contributed by atoms with Gasteiger partial charge in [-0.15, -0.1) is 0 Å². The van der Waals surface area contributed by atoms with Crippen LogP contribution >= 0.6 is 0 Å². The van der Waals surface area contributed by atoms with E-state index in [1.165, 1.54) is 18.2 Å². The summed E-state index contributed by atoms with van der Waals surface area (Å²) in [5, 5.41) is 7.03. The molecular weight excluding hydrogens is 628 g/mol. The Hall–Kier alpha value is -3.79. The van der Waals surface area contributed by atoms with Crippen LogP contribution in [0, 0.1) is 22.2 Å². The van der Waals surface area contributed by atoms with E-state index in [-0.39, 0.29) is 70.2 Å². The maximum Gasteiger partial charge on any atom is 0.335 e. The molecule has 256 valence electrons. The van der Waals surface area contributed by atoms with Gasteiger partial charge in [0, 0.05) is 64.4 Å². The lowest BCUT2D eigenvalue weighted by Gasteiger charge is -2.56. The number of ether oxygens (including phenoxy) is 2. The molecule has 2 saturated carbocycles. The number of Topliss-reactive ketones (excluding diaryl/α,β-unsaturated/α-hetero) is 1. The molecule has 2 bridgehead atoms. The van der Waals surface area contributed by atoms with Crippen LogP contribution in [0.1, 0.15) is 68.7 Å². The molecule has 4 saturated heterocycles. The summed E-state index contributed by atoms with van der Waals surface area (Å²) in [4.78, 5) is 47.6. The number of anilines is 2. The summed E-state index contributed by atoms with van der Waals surface area (Å²) in [5.74, 6) is -0.391. The second kappa shape index (κ2) is 8.63. The highest BCUT2D eigenvalue weighted by Gasteiger charge is 2.85. The Morgan fingerprint density at radius 2 is 1.88 bits per heavy atom. The van der Waals surface area contributed by atoms with Crippen LogP contribution in [0.3, 0.4) is 0 Å². The largest absolute Gasteiger partial charge is 0.466 e. The van der Waals surface area contributed by atoms with E-state index in [1.54, 1.807) is 0 Å². The van der Waals surface area contributed by atoms with Crippen molar-refractivity contribution in [2.45, 2.75) is 87.1 Å². The van der Waals surface area contributed by atoms with E-state index in [0.717, 1.165) is 67.1 Å². The summed E-state index contributed by atoms with van der Waals surface area (Å²) in [5.41, 5.74) is 4.86. The van der Waals surface area contributed by atoms with Gasteiger partial charge >= 0.3 is 5.97 Å². The Balaban J connectivity index is 1.04. The highest BCUT2D eigenvalue weighted by Crippen LogP contribution is 2.78. The number of carbonyl (C=O) groups excluding carboxylic acids is 3. The Labute approximate surface area is 291 Å². The van der Waals surface area contributed by atoms with E-state index in [2.05, 4.69) is 88.9 Å². The topological polar surface area (TPSA) is 104 Å². The molecular formula is C41H42N4O5. The fourth-order valence-corrected chi connectivity index (χ4v) is 14.6. The third-order valence-corrected chi connectivity index (χ3v) is 16.2. The first kappa shape index (κ1) is 28.9. The highest BCUT2D eigenvalue weighted by molar-refractivity contribution is 6.19. The van der Waals surface area contributed by atoms with Crippen LogP contribution in [0.5, 0.6) is 0 Å².